The fourth-order valence-electron chi connectivity index (χ4n) is 3.05. The zero-order valence-electron chi connectivity index (χ0n) is 13.2. The van der Waals surface area contributed by atoms with Crippen LogP contribution in [0.5, 0.6) is 0 Å². The lowest BCUT2D eigenvalue weighted by Crippen LogP contribution is -2.52. The van der Waals surface area contributed by atoms with Crippen LogP contribution in [-0.2, 0) is 15.1 Å². The molecule has 2 N–H and O–H groups in total. The van der Waals surface area contributed by atoms with Crippen LogP contribution in [0.4, 0.5) is 0 Å². The molecule has 1 aliphatic heterocycles. The maximum absolute atomic E-state index is 12.5. The molecule has 1 fully saturated rings. The normalized spacial score (nSPS) is 19.3. The first-order valence-corrected chi connectivity index (χ1v) is 7.57. The summed E-state index contributed by atoms with van der Waals surface area (Å²) >= 11 is 0. The zero-order valence-corrected chi connectivity index (χ0v) is 13.2. The Labute approximate surface area is 129 Å². The van der Waals surface area contributed by atoms with Gasteiger partial charge in [0.1, 0.15) is 11.8 Å². The highest BCUT2D eigenvalue weighted by atomic mass is 16.5. The number of morpholine rings is 1. The Bertz CT molecular complexity index is 687. The van der Waals surface area contributed by atoms with Crippen molar-refractivity contribution < 1.29 is 9.53 Å². The van der Waals surface area contributed by atoms with Gasteiger partial charge in [0.25, 0.3) is 5.91 Å². The summed E-state index contributed by atoms with van der Waals surface area (Å²) in [6.07, 6.45) is 1.53. The van der Waals surface area contributed by atoms with Gasteiger partial charge in [-0.3, -0.25) is 4.79 Å². The summed E-state index contributed by atoms with van der Waals surface area (Å²) in [7, 11) is 0. The van der Waals surface area contributed by atoms with E-state index in [0.717, 1.165) is 23.6 Å². The number of nitrogens with zero attached hydrogens (tertiary/aromatic N) is 2. The molecule has 118 valence electrons. The Kier molecular flexibility index (Phi) is 3.88. The molecule has 1 saturated heterocycles. The van der Waals surface area contributed by atoms with E-state index in [1.807, 2.05) is 49.6 Å². The number of fused-ring (bicyclic) bond motifs is 1. The molecule has 2 aromatic heterocycles. The van der Waals surface area contributed by atoms with Gasteiger partial charge in [0, 0.05) is 19.3 Å². The zero-order chi connectivity index (χ0) is 15.7. The van der Waals surface area contributed by atoms with Crippen molar-refractivity contribution in [3.05, 3.63) is 35.8 Å². The van der Waals surface area contributed by atoms with Crippen LogP contribution in [-0.4, -0.2) is 41.1 Å². The van der Waals surface area contributed by atoms with Crippen LogP contribution in [0.3, 0.4) is 0 Å². The number of amides is 1. The van der Waals surface area contributed by atoms with Gasteiger partial charge in [-0.2, -0.15) is 0 Å². The highest BCUT2D eigenvalue weighted by Crippen LogP contribution is 2.25. The average molecular weight is 302 g/mol. The number of aryl methyl sites for hydroxylation is 1. The van der Waals surface area contributed by atoms with Gasteiger partial charge in [0.15, 0.2) is 0 Å². The van der Waals surface area contributed by atoms with Gasteiger partial charge in [-0.25, -0.2) is 4.98 Å². The predicted molar refractivity (Wildman–Crippen MR) is 83.7 cm³/mol. The first kappa shape index (κ1) is 15.0. The first-order valence-electron chi connectivity index (χ1n) is 7.57. The molecule has 0 aliphatic carbocycles. The standard InChI is InChI=1S/C16H22N4O2/c1-11-14(20-8-5-4-6-13(20)18-11)16(2,3)19-15(21)12-10-17-7-9-22-12/h4-6,8,12,17H,7,9-10H2,1-3H3,(H,19,21)/t12-/m0/s1. The van der Waals surface area contributed by atoms with E-state index in [0.29, 0.717) is 13.2 Å². The van der Waals surface area contributed by atoms with Crippen molar-refractivity contribution >= 4 is 11.6 Å². The molecular formula is C16H22N4O2. The van der Waals surface area contributed by atoms with E-state index < -0.39 is 11.6 Å². The molecule has 0 saturated carbocycles. The Hall–Kier alpha value is -1.92. The Morgan fingerprint density at radius 3 is 3.05 bits per heavy atom. The molecule has 6 heteroatoms. The van der Waals surface area contributed by atoms with E-state index in [9.17, 15) is 4.79 Å². The number of hydrogen-bond donors (Lipinski definition) is 2. The van der Waals surface area contributed by atoms with Crippen LogP contribution < -0.4 is 10.6 Å². The number of rotatable bonds is 3. The van der Waals surface area contributed by atoms with Crippen molar-refractivity contribution in [2.45, 2.75) is 32.4 Å². The fraction of sp³-hybridized carbons (Fsp3) is 0.500. The second-order valence-electron chi connectivity index (χ2n) is 6.15. The highest BCUT2D eigenvalue weighted by Gasteiger charge is 2.32. The van der Waals surface area contributed by atoms with E-state index in [-0.39, 0.29) is 5.91 Å². The molecule has 1 atom stereocenters. The number of imidazole rings is 1. The molecule has 1 aliphatic rings. The molecule has 0 unspecified atom stereocenters. The summed E-state index contributed by atoms with van der Waals surface area (Å²) in [6, 6.07) is 5.88. The van der Waals surface area contributed by atoms with Crippen LogP contribution in [0.15, 0.2) is 24.4 Å². The maximum atomic E-state index is 12.5. The van der Waals surface area contributed by atoms with Gasteiger partial charge in [-0.1, -0.05) is 6.07 Å². The number of pyridine rings is 1. The largest absolute Gasteiger partial charge is 0.366 e. The molecule has 0 bridgehead atoms. The summed E-state index contributed by atoms with van der Waals surface area (Å²) in [6.45, 7) is 7.85. The molecule has 3 rings (SSSR count). The van der Waals surface area contributed by atoms with Crippen LogP contribution in [0, 0.1) is 6.92 Å². The van der Waals surface area contributed by atoms with E-state index in [4.69, 9.17) is 4.74 Å². The summed E-state index contributed by atoms with van der Waals surface area (Å²) in [4.78, 5) is 17.0. The molecule has 0 radical (unpaired) electrons. The van der Waals surface area contributed by atoms with Crippen LogP contribution in [0.2, 0.25) is 0 Å². The minimum atomic E-state index is -0.539. The topological polar surface area (TPSA) is 67.7 Å². The number of hydrogen-bond acceptors (Lipinski definition) is 4. The Morgan fingerprint density at radius 2 is 2.32 bits per heavy atom. The van der Waals surface area contributed by atoms with Gasteiger partial charge in [-0.15, -0.1) is 0 Å². The fourth-order valence-corrected chi connectivity index (χ4v) is 3.05. The predicted octanol–water partition coefficient (Wildman–Crippen LogP) is 0.982. The highest BCUT2D eigenvalue weighted by molar-refractivity contribution is 5.82. The molecule has 22 heavy (non-hydrogen) atoms. The third kappa shape index (κ3) is 2.71. The molecular weight excluding hydrogens is 280 g/mol. The number of carbonyl (C=O) groups excluding carboxylic acids is 1. The lowest BCUT2D eigenvalue weighted by molar-refractivity contribution is -0.136. The van der Waals surface area contributed by atoms with Gasteiger partial charge < -0.3 is 19.8 Å². The lowest BCUT2D eigenvalue weighted by Gasteiger charge is -2.30. The van der Waals surface area contributed by atoms with Crippen molar-refractivity contribution in [1.29, 1.82) is 0 Å². The third-order valence-electron chi connectivity index (χ3n) is 3.95. The number of carbonyl (C=O) groups is 1. The molecule has 0 aromatic carbocycles. The SMILES string of the molecule is Cc1nc2ccccn2c1C(C)(C)NC(=O)[C@@H]1CNCCO1. The van der Waals surface area contributed by atoms with E-state index in [2.05, 4.69) is 15.6 Å². The minimum Gasteiger partial charge on any atom is -0.366 e. The molecule has 1 amide bonds. The third-order valence-corrected chi connectivity index (χ3v) is 3.95. The van der Waals surface area contributed by atoms with Gasteiger partial charge >= 0.3 is 0 Å². The van der Waals surface area contributed by atoms with Gasteiger partial charge in [0.05, 0.1) is 23.5 Å². The first-order chi connectivity index (χ1) is 10.5. The van der Waals surface area contributed by atoms with Crippen molar-refractivity contribution in [2.75, 3.05) is 19.7 Å². The molecule has 2 aromatic rings. The van der Waals surface area contributed by atoms with Crippen LogP contribution >= 0.6 is 0 Å². The quantitative estimate of drug-likeness (QED) is 0.887. The second-order valence-corrected chi connectivity index (χ2v) is 6.15. The lowest BCUT2D eigenvalue weighted by atomic mass is 9.98. The number of ether oxygens (including phenoxy) is 1. The second kappa shape index (κ2) is 5.70. The molecule has 6 nitrogen and oxygen atoms in total. The van der Waals surface area contributed by atoms with Crippen LogP contribution in [0.25, 0.3) is 5.65 Å². The van der Waals surface area contributed by atoms with Crippen molar-refractivity contribution in [2.24, 2.45) is 0 Å². The summed E-state index contributed by atoms with van der Waals surface area (Å²) in [5.74, 6) is -0.0949. The summed E-state index contributed by atoms with van der Waals surface area (Å²) in [5, 5.41) is 6.27. The Morgan fingerprint density at radius 1 is 1.50 bits per heavy atom. The van der Waals surface area contributed by atoms with E-state index in [1.165, 1.54) is 0 Å². The van der Waals surface area contributed by atoms with Crippen molar-refractivity contribution in [3.8, 4) is 0 Å². The molecule has 0 spiro atoms. The molecule has 3 heterocycles. The smallest absolute Gasteiger partial charge is 0.251 e. The maximum Gasteiger partial charge on any atom is 0.251 e. The Balaban J connectivity index is 1.87. The summed E-state index contributed by atoms with van der Waals surface area (Å²) < 4.78 is 7.55. The van der Waals surface area contributed by atoms with E-state index >= 15 is 0 Å². The monoisotopic (exact) mass is 302 g/mol. The van der Waals surface area contributed by atoms with Crippen LogP contribution in [0.1, 0.15) is 25.2 Å². The minimum absolute atomic E-state index is 0.0949. The van der Waals surface area contributed by atoms with Gasteiger partial charge in [-0.05, 0) is 32.9 Å². The summed E-state index contributed by atoms with van der Waals surface area (Å²) in [5.41, 5.74) is 2.25. The number of nitrogens with one attached hydrogen (secondary N) is 2. The van der Waals surface area contributed by atoms with Gasteiger partial charge in [0.2, 0.25) is 0 Å². The van der Waals surface area contributed by atoms with Crippen molar-refractivity contribution in [3.63, 3.8) is 0 Å². The van der Waals surface area contributed by atoms with E-state index in [1.54, 1.807) is 0 Å². The average Bonchev–Trinajstić information content (AvgIpc) is 2.84. The number of aromatic nitrogens is 2. The van der Waals surface area contributed by atoms with Crippen molar-refractivity contribution in [1.82, 2.24) is 20.0 Å².